The molecule has 1 aromatic carbocycles. The second-order valence-corrected chi connectivity index (χ2v) is 5.68. The van der Waals surface area contributed by atoms with Crippen molar-refractivity contribution in [3.63, 3.8) is 0 Å². The lowest BCUT2D eigenvalue weighted by Crippen LogP contribution is -2.28. The number of hydrogen-bond donors (Lipinski definition) is 1. The number of nitrogens with zero attached hydrogens (tertiary/aromatic N) is 4. The Morgan fingerprint density at radius 2 is 2.08 bits per heavy atom. The molecule has 0 radical (unpaired) electrons. The average molecular weight is 345 g/mol. The van der Waals surface area contributed by atoms with E-state index < -0.39 is 0 Å². The fraction of sp³-hybridized carbons (Fsp3) is 0.500. The predicted molar refractivity (Wildman–Crippen MR) is 96.2 cm³/mol. The molecule has 0 saturated carbocycles. The molecule has 0 atom stereocenters. The van der Waals surface area contributed by atoms with Gasteiger partial charge in [0.2, 0.25) is 5.91 Å². The topological polar surface area (TPSA) is 72.3 Å². The number of hydrogen-bond acceptors (Lipinski definition) is 5. The molecule has 0 aliphatic carbocycles. The van der Waals surface area contributed by atoms with E-state index in [9.17, 15) is 4.79 Å². The van der Waals surface area contributed by atoms with Crippen LogP contribution in [0.3, 0.4) is 0 Å². The van der Waals surface area contributed by atoms with Gasteiger partial charge in [0, 0.05) is 31.3 Å². The fourth-order valence-corrected chi connectivity index (χ4v) is 2.47. The lowest BCUT2D eigenvalue weighted by atomic mass is 10.2. The van der Waals surface area contributed by atoms with E-state index in [1.165, 1.54) is 0 Å². The van der Waals surface area contributed by atoms with Gasteiger partial charge in [-0.1, -0.05) is 37.3 Å². The van der Waals surface area contributed by atoms with Crippen molar-refractivity contribution >= 4 is 5.91 Å². The van der Waals surface area contributed by atoms with E-state index in [-0.39, 0.29) is 5.91 Å². The highest BCUT2D eigenvalue weighted by atomic mass is 16.5. The van der Waals surface area contributed by atoms with E-state index >= 15 is 0 Å². The Bertz CT molecular complexity index is 626. The second kappa shape index (κ2) is 10.5. The maximum absolute atomic E-state index is 12.0. The van der Waals surface area contributed by atoms with Crippen molar-refractivity contribution in [1.29, 1.82) is 0 Å². The largest absolute Gasteiger partial charge is 0.492 e. The van der Waals surface area contributed by atoms with Gasteiger partial charge >= 0.3 is 0 Å². The molecule has 2 aromatic rings. The van der Waals surface area contributed by atoms with Crippen molar-refractivity contribution in [2.45, 2.75) is 33.4 Å². The number of likely N-dealkylation sites (N-methyl/N-ethyl adjacent to an activating group) is 1. The van der Waals surface area contributed by atoms with E-state index in [0.29, 0.717) is 26.1 Å². The molecular weight excluding hydrogens is 318 g/mol. The Hall–Kier alpha value is -2.41. The maximum Gasteiger partial charge on any atom is 0.222 e. The number of nitrogens with one attached hydrogen (secondary N) is 1. The minimum atomic E-state index is -0.0200. The van der Waals surface area contributed by atoms with Crippen molar-refractivity contribution in [3.05, 3.63) is 42.2 Å². The van der Waals surface area contributed by atoms with Crippen molar-refractivity contribution in [1.82, 2.24) is 25.2 Å². The number of benzene rings is 1. The molecule has 0 spiro atoms. The van der Waals surface area contributed by atoms with Crippen LogP contribution in [0.1, 0.15) is 25.8 Å². The summed E-state index contributed by atoms with van der Waals surface area (Å²) in [5.41, 5.74) is 0.983. The van der Waals surface area contributed by atoms with Gasteiger partial charge in [0.25, 0.3) is 0 Å². The second-order valence-electron chi connectivity index (χ2n) is 5.68. The van der Waals surface area contributed by atoms with Crippen LogP contribution in [-0.2, 0) is 17.9 Å². The van der Waals surface area contributed by atoms with Crippen LogP contribution in [-0.4, -0.2) is 52.0 Å². The molecule has 25 heavy (non-hydrogen) atoms. The van der Waals surface area contributed by atoms with E-state index in [2.05, 4.69) is 34.4 Å². The van der Waals surface area contributed by atoms with E-state index in [1.54, 1.807) is 17.1 Å². The van der Waals surface area contributed by atoms with E-state index in [4.69, 9.17) is 4.74 Å². The molecule has 1 heterocycles. The number of para-hydroxylation sites is 1. The summed E-state index contributed by atoms with van der Waals surface area (Å²) < 4.78 is 7.55. The highest BCUT2D eigenvalue weighted by Gasteiger charge is 2.07. The third-order valence-electron chi connectivity index (χ3n) is 4.05. The lowest BCUT2D eigenvalue weighted by Gasteiger charge is -2.19. The third-order valence-corrected chi connectivity index (χ3v) is 4.05. The van der Waals surface area contributed by atoms with Crippen LogP contribution in [0, 0.1) is 0 Å². The third kappa shape index (κ3) is 6.54. The van der Waals surface area contributed by atoms with Crippen LogP contribution in [0.15, 0.2) is 36.7 Å². The lowest BCUT2D eigenvalue weighted by molar-refractivity contribution is -0.121. The summed E-state index contributed by atoms with van der Waals surface area (Å²) >= 11 is 0. The van der Waals surface area contributed by atoms with Crippen molar-refractivity contribution in [2.75, 3.05) is 26.2 Å². The zero-order chi connectivity index (χ0) is 17.9. The standard InChI is InChI=1S/C18H27N5O2/c1-3-22(4-2)13-14-25-17-8-6-5-7-16(17)15-19-18(24)9-11-23-12-10-20-21-23/h5-8,10,12H,3-4,9,11,13-15H2,1-2H3,(H,19,24). The summed E-state index contributed by atoms with van der Waals surface area (Å²) in [6.07, 6.45) is 3.71. The van der Waals surface area contributed by atoms with Crippen LogP contribution in [0.25, 0.3) is 0 Å². The van der Waals surface area contributed by atoms with Gasteiger partial charge in [0.05, 0.1) is 12.7 Å². The van der Waals surface area contributed by atoms with Gasteiger partial charge in [-0.2, -0.15) is 0 Å². The van der Waals surface area contributed by atoms with E-state index in [0.717, 1.165) is 30.9 Å². The molecule has 1 N–H and O–H groups in total. The smallest absolute Gasteiger partial charge is 0.222 e. The number of ether oxygens (including phenoxy) is 1. The average Bonchev–Trinajstić information content (AvgIpc) is 3.16. The Labute approximate surface area is 149 Å². The fourth-order valence-electron chi connectivity index (χ4n) is 2.47. The van der Waals surface area contributed by atoms with Crippen LogP contribution >= 0.6 is 0 Å². The normalized spacial score (nSPS) is 10.8. The van der Waals surface area contributed by atoms with Gasteiger partial charge in [0.1, 0.15) is 12.4 Å². The summed E-state index contributed by atoms with van der Waals surface area (Å²) in [7, 11) is 0. The molecule has 0 aliphatic rings. The van der Waals surface area contributed by atoms with Crippen LogP contribution in [0.4, 0.5) is 0 Å². The summed E-state index contributed by atoms with van der Waals surface area (Å²) in [6.45, 7) is 8.83. The molecule has 0 bridgehead atoms. The van der Waals surface area contributed by atoms with Gasteiger partial charge in [-0.25, -0.2) is 0 Å². The van der Waals surface area contributed by atoms with Crippen molar-refractivity contribution in [3.8, 4) is 5.75 Å². The van der Waals surface area contributed by atoms with Crippen molar-refractivity contribution < 1.29 is 9.53 Å². The number of aryl methyl sites for hydroxylation is 1. The van der Waals surface area contributed by atoms with Gasteiger partial charge in [-0.15, -0.1) is 5.10 Å². The monoisotopic (exact) mass is 345 g/mol. The molecule has 7 nitrogen and oxygen atoms in total. The highest BCUT2D eigenvalue weighted by Crippen LogP contribution is 2.17. The van der Waals surface area contributed by atoms with Crippen LogP contribution in [0.2, 0.25) is 0 Å². The molecule has 136 valence electrons. The zero-order valence-electron chi connectivity index (χ0n) is 15.0. The molecule has 0 fully saturated rings. The first kappa shape index (κ1) is 18.9. The number of rotatable bonds is 11. The Balaban J connectivity index is 1.78. The molecule has 1 amide bonds. The number of carbonyl (C=O) groups is 1. The first-order valence-corrected chi connectivity index (χ1v) is 8.76. The Kier molecular flexibility index (Phi) is 7.91. The summed E-state index contributed by atoms with van der Waals surface area (Å²) in [4.78, 5) is 14.3. The minimum absolute atomic E-state index is 0.0200. The number of aromatic nitrogens is 3. The first-order valence-electron chi connectivity index (χ1n) is 8.76. The predicted octanol–water partition coefficient (Wildman–Crippen LogP) is 1.71. The number of amides is 1. The molecule has 0 saturated heterocycles. The zero-order valence-corrected chi connectivity index (χ0v) is 15.0. The summed E-state index contributed by atoms with van der Waals surface area (Å²) in [5, 5.41) is 10.5. The number of carbonyl (C=O) groups excluding carboxylic acids is 1. The molecule has 1 aromatic heterocycles. The quantitative estimate of drug-likeness (QED) is 0.671. The minimum Gasteiger partial charge on any atom is -0.492 e. The molecular formula is C18H27N5O2. The van der Waals surface area contributed by atoms with Crippen LogP contribution in [0.5, 0.6) is 5.75 Å². The van der Waals surface area contributed by atoms with E-state index in [1.807, 2.05) is 24.3 Å². The summed E-state index contributed by atoms with van der Waals surface area (Å²) in [5.74, 6) is 0.805. The van der Waals surface area contributed by atoms with Gasteiger partial charge in [-0.05, 0) is 19.2 Å². The van der Waals surface area contributed by atoms with Gasteiger partial charge < -0.3 is 15.0 Å². The van der Waals surface area contributed by atoms with Gasteiger partial charge in [0.15, 0.2) is 0 Å². The molecule has 0 aliphatic heterocycles. The van der Waals surface area contributed by atoms with Gasteiger partial charge in [-0.3, -0.25) is 9.48 Å². The summed E-state index contributed by atoms with van der Waals surface area (Å²) in [6, 6.07) is 7.82. The molecule has 2 rings (SSSR count). The maximum atomic E-state index is 12.0. The molecule has 0 unspecified atom stereocenters. The SMILES string of the molecule is CCN(CC)CCOc1ccccc1CNC(=O)CCn1ccnn1. The van der Waals surface area contributed by atoms with Crippen molar-refractivity contribution in [2.24, 2.45) is 0 Å². The molecule has 7 heteroatoms. The highest BCUT2D eigenvalue weighted by molar-refractivity contribution is 5.75. The Morgan fingerprint density at radius 3 is 2.80 bits per heavy atom. The van der Waals surface area contributed by atoms with Crippen LogP contribution < -0.4 is 10.1 Å². The Morgan fingerprint density at radius 1 is 1.28 bits per heavy atom. The first-order chi connectivity index (χ1) is 12.2.